The van der Waals surface area contributed by atoms with Gasteiger partial charge in [-0.2, -0.15) is 9.61 Å². The fraction of sp³-hybridized carbons (Fsp3) is 0.389. The van der Waals surface area contributed by atoms with Crippen molar-refractivity contribution in [2.75, 3.05) is 5.32 Å². The number of nitrogens with one attached hydrogen (secondary N) is 1. The van der Waals surface area contributed by atoms with E-state index in [1.807, 2.05) is 37.4 Å². The molecule has 0 radical (unpaired) electrons. The number of rotatable bonds is 4. The van der Waals surface area contributed by atoms with E-state index in [1.165, 1.54) is 0 Å². The van der Waals surface area contributed by atoms with Crippen LogP contribution in [0.1, 0.15) is 35.3 Å². The van der Waals surface area contributed by atoms with Crippen LogP contribution >= 0.6 is 0 Å². The van der Waals surface area contributed by atoms with Crippen LogP contribution in [0.15, 0.2) is 24.3 Å². The van der Waals surface area contributed by atoms with Gasteiger partial charge in [0.15, 0.2) is 5.65 Å². The fourth-order valence-electron chi connectivity index (χ4n) is 2.78. The van der Waals surface area contributed by atoms with Gasteiger partial charge < -0.3 is 5.32 Å². The Labute approximate surface area is 136 Å². The van der Waals surface area contributed by atoms with Crippen LogP contribution in [0.3, 0.4) is 0 Å². The lowest BCUT2D eigenvalue weighted by Crippen LogP contribution is -2.21. The van der Waals surface area contributed by atoms with E-state index in [1.54, 1.807) is 0 Å². The summed E-state index contributed by atoms with van der Waals surface area (Å²) in [7, 11) is 0. The molecular weight excluding hydrogens is 286 g/mol. The van der Waals surface area contributed by atoms with Crippen molar-refractivity contribution < 1.29 is 0 Å². The van der Waals surface area contributed by atoms with Crippen LogP contribution in [0.2, 0.25) is 0 Å². The van der Waals surface area contributed by atoms with Crippen molar-refractivity contribution in [2.45, 2.75) is 47.1 Å². The van der Waals surface area contributed by atoms with Crippen molar-refractivity contribution in [2.24, 2.45) is 0 Å². The Morgan fingerprint density at radius 3 is 2.61 bits per heavy atom. The van der Waals surface area contributed by atoms with Crippen LogP contribution in [-0.4, -0.2) is 25.6 Å². The second-order valence-electron chi connectivity index (χ2n) is 6.25. The molecule has 5 nitrogen and oxygen atoms in total. The summed E-state index contributed by atoms with van der Waals surface area (Å²) in [6, 6.07) is 8.44. The molecule has 23 heavy (non-hydrogen) atoms. The van der Waals surface area contributed by atoms with Gasteiger partial charge in [-0.05, 0) is 46.8 Å². The van der Waals surface area contributed by atoms with Gasteiger partial charge in [0.1, 0.15) is 5.82 Å². The van der Waals surface area contributed by atoms with Crippen molar-refractivity contribution in [1.29, 1.82) is 0 Å². The zero-order valence-corrected chi connectivity index (χ0v) is 14.4. The predicted molar refractivity (Wildman–Crippen MR) is 93.0 cm³/mol. The molecule has 0 aliphatic rings. The highest BCUT2D eigenvalue weighted by atomic mass is 15.3. The third-order valence-electron chi connectivity index (χ3n) is 4.04. The van der Waals surface area contributed by atoms with Gasteiger partial charge in [0.05, 0.1) is 5.69 Å². The maximum Gasteiger partial charge on any atom is 0.160 e. The maximum atomic E-state index is 4.61. The zero-order chi connectivity index (χ0) is 16.6. The standard InChI is InChI=1S/C18H23N5/c1-11-7-6-8-16(19-11)9-12(2)20-17-10-13(3)21-18-14(4)15(5)22-23(17)18/h6-8,10,12,20H,9H2,1-5H3/t12-/m0/s1. The lowest BCUT2D eigenvalue weighted by molar-refractivity contribution is 0.750. The first-order chi connectivity index (χ1) is 10.9. The molecule has 0 unspecified atom stereocenters. The van der Waals surface area contributed by atoms with Crippen molar-refractivity contribution in [3.05, 3.63) is 52.6 Å². The largest absolute Gasteiger partial charge is 0.367 e. The normalized spacial score (nSPS) is 12.6. The Balaban J connectivity index is 1.87. The number of aryl methyl sites for hydroxylation is 4. The summed E-state index contributed by atoms with van der Waals surface area (Å²) >= 11 is 0. The molecule has 0 aliphatic heterocycles. The summed E-state index contributed by atoms with van der Waals surface area (Å²) in [5, 5.41) is 8.16. The van der Waals surface area contributed by atoms with E-state index in [9.17, 15) is 0 Å². The quantitative estimate of drug-likeness (QED) is 0.802. The molecule has 0 bridgehead atoms. The van der Waals surface area contributed by atoms with Crippen LogP contribution in [-0.2, 0) is 6.42 Å². The highest BCUT2D eigenvalue weighted by molar-refractivity contribution is 5.56. The maximum absolute atomic E-state index is 4.61. The van der Waals surface area contributed by atoms with Crippen molar-refractivity contribution >= 4 is 11.5 Å². The second-order valence-corrected chi connectivity index (χ2v) is 6.25. The monoisotopic (exact) mass is 309 g/mol. The smallest absolute Gasteiger partial charge is 0.160 e. The Hall–Kier alpha value is -2.43. The Bertz CT molecular complexity index is 850. The number of aromatic nitrogens is 4. The van der Waals surface area contributed by atoms with Gasteiger partial charge in [0.25, 0.3) is 0 Å². The molecule has 3 heterocycles. The highest BCUT2D eigenvalue weighted by Crippen LogP contribution is 2.19. The Morgan fingerprint density at radius 1 is 1.09 bits per heavy atom. The van der Waals surface area contributed by atoms with Crippen LogP contribution < -0.4 is 5.32 Å². The number of nitrogens with zero attached hydrogens (tertiary/aromatic N) is 4. The van der Waals surface area contributed by atoms with Crippen molar-refractivity contribution in [3.8, 4) is 0 Å². The average Bonchev–Trinajstić information content (AvgIpc) is 2.75. The molecule has 0 saturated heterocycles. The molecule has 1 N–H and O–H groups in total. The molecule has 5 heteroatoms. The van der Waals surface area contributed by atoms with E-state index >= 15 is 0 Å². The molecule has 120 valence electrons. The molecule has 0 amide bonds. The van der Waals surface area contributed by atoms with Gasteiger partial charge in [-0.3, -0.25) is 4.98 Å². The van der Waals surface area contributed by atoms with Crippen LogP contribution in [0.25, 0.3) is 5.65 Å². The van der Waals surface area contributed by atoms with Gasteiger partial charge >= 0.3 is 0 Å². The molecule has 3 rings (SSSR count). The van der Waals surface area contributed by atoms with E-state index in [4.69, 9.17) is 0 Å². The fourth-order valence-corrected chi connectivity index (χ4v) is 2.78. The van der Waals surface area contributed by atoms with Crippen LogP contribution in [0.4, 0.5) is 5.82 Å². The lowest BCUT2D eigenvalue weighted by Gasteiger charge is -2.16. The highest BCUT2D eigenvalue weighted by Gasteiger charge is 2.13. The Morgan fingerprint density at radius 2 is 1.87 bits per heavy atom. The van der Waals surface area contributed by atoms with E-state index in [2.05, 4.69) is 46.4 Å². The van der Waals surface area contributed by atoms with Gasteiger partial charge in [-0.1, -0.05) is 6.07 Å². The third-order valence-corrected chi connectivity index (χ3v) is 4.04. The molecule has 1 atom stereocenters. The summed E-state index contributed by atoms with van der Waals surface area (Å²) in [4.78, 5) is 9.19. The SMILES string of the molecule is Cc1cccc(C[C@H](C)Nc2cc(C)nc3c(C)c(C)nn23)n1. The summed E-state index contributed by atoms with van der Waals surface area (Å²) < 4.78 is 1.90. The minimum Gasteiger partial charge on any atom is -0.367 e. The minimum atomic E-state index is 0.249. The van der Waals surface area contributed by atoms with Gasteiger partial charge in [-0.15, -0.1) is 0 Å². The number of hydrogen-bond acceptors (Lipinski definition) is 4. The van der Waals surface area contributed by atoms with Crippen LogP contribution in [0, 0.1) is 27.7 Å². The van der Waals surface area contributed by atoms with E-state index in [-0.39, 0.29) is 6.04 Å². The third kappa shape index (κ3) is 3.18. The molecule has 3 aromatic rings. The van der Waals surface area contributed by atoms with Gasteiger partial charge in [0.2, 0.25) is 0 Å². The summed E-state index contributed by atoms with van der Waals surface area (Å²) in [5.74, 6) is 0.976. The average molecular weight is 309 g/mol. The number of hydrogen-bond donors (Lipinski definition) is 1. The van der Waals surface area contributed by atoms with E-state index in [0.29, 0.717) is 0 Å². The van der Waals surface area contributed by atoms with Crippen molar-refractivity contribution in [3.63, 3.8) is 0 Å². The first-order valence-corrected chi connectivity index (χ1v) is 7.96. The molecule has 0 fully saturated rings. The first kappa shape index (κ1) is 15.5. The molecule has 0 aliphatic carbocycles. The Kier molecular flexibility index (Phi) is 4.03. The van der Waals surface area contributed by atoms with E-state index in [0.717, 1.165) is 46.2 Å². The minimum absolute atomic E-state index is 0.249. The summed E-state index contributed by atoms with van der Waals surface area (Å²) in [6.07, 6.45) is 0.865. The molecule has 0 spiro atoms. The van der Waals surface area contributed by atoms with Gasteiger partial charge in [0, 0.05) is 41.2 Å². The van der Waals surface area contributed by atoms with Crippen LogP contribution in [0.5, 0.6) is 0 Å². The number of pyridine rings is 1. The second kappa shape index (κ2) is 5.99. The number of anilines is 1. The summed E-state index contributed by atoms with van der Waals surface area (Å²) in [6.45, 7) is 10.3. The topological polar surface area (TPSA) is 55.1 Å². The molecule has 3 aromatic heterocycles. The summed E-state index contributed by atoms with van der Waals surface area (Å²) in [5.41, 5.74) is 6.20. The molecule has 0 aromatic carbocycles. The van der Waals surface area contributed by atoms with E-state index < -0.39 is 0 Å². The van der Waals surface area contributed by atoms with Gasteiger partial charge in [-0.25, -0.2) is 4.98 Å². The predicted octanol–water partition coefficient (Wildman–Crippen LogP) is 3.40. The first-order valence-electron chi connectivity index (χ1n) is 7.96. The molecule has 0 saturated carbocycles. The lowest BCUT2D eigenvalue weighted by atomic mass is 10.1. The zero-order valence-electron chi connectivity index (χ0n) is 14.4. The molecular formula is C18H23N5. The van der Waals surface area contributed by atoms with Crippen molar-refractivity contribution in [1.82, 2.24) is 19.6 Å². The number of fused-ring (bicyclic) bond motifs is 1.